The lowest BCUT2D eigenvalue weighted by Gasteiger charge is -2.20. The van der Waals surface area contributed by atoms with Crippen molar-refractivity contribution in [1.82, 2.24) is 10.3 Å². The van der Waals surface area contributed by atoms with Crippen LogP contribution in [-0.4, -0.2) is 14.7 Å². The number of rotatable bonds is 7. The molecule has 7 heteroatoms. The van der Waals surface area contributed by atoms with Crippen molar-refractivity contribution < 1.29 is 4.79 Å². The van der Waals surface area contributed by atoms with Gasteiger partial charge in [0.15, 0.2) is 3.79 Å². The highest BCUT2D eigenvalue weighted by molar-refractivity contribution is 7.09. The summed E-state index contributed by atoms with van der Waals surface area (Å²) in [7, 11) is 0. The van der Waals surface area contributed by atoms with E-state index < -0.39 is 3.79 Å². The molecule has 1 amide bonds. The summed E-state index contributed by atoms with van der Waals surface area (Å²) in [4.78, 5) is 16.6. The molecule has 134 valence electrons. The van der Waals surface area contributed by atoms with Crippen molar-refractivity contribution in [2.45, 2.75) is 44.0 Å². The number of allylic oxidation sites excluding steroid dienone is 3. The van der Waals surface area contributed by atoms with Crippen LogP contribution in [0.3, 0.4) is 0 Å². The Labute approximate surface area is 163 Å². The van der Waals surface area contributed by atoms with E-state index in [1.807, 2.05) is 24.5 Å². The number of nitrogens with zero attached hydrogens (tertiary/aromatic N) is 1. The van der Waals surface area contributed by atoms with Gasteiger partial charge in [-0.05, 0) is 19.3 Å². The second-order valence-corrected chi connectivity index (χ2v) is 9.32. The molecule has 24 heavy (non-hydrogen) atoms. The van der Waals surface area contributed by atoms with Crippen molar-refractivity contribution in [3.8, 4) is 0 Å². The first-order valence-electron chi connectivity index (χ1n) is 7.73. The standard InChI is InChI=1S/C17H23Cl3N2OS/c1-11(2)14(16-21-9-10-24-16)22-15(23)12(3)7-5-6-8-13(4)17(18,19)20/h5-7,9-11,13-14H,8H2,1-4H3,(H,22,23)/b6-5+,12-7+/t13?,14-/m0/s1. The Balaban J connectivity index is 2.63. The lowest BCUT2D eigenvalue weighted by Crippen LogP contribution is -2.32. The third-order valence-corrected chi connectivity index (χ3v) is 5.54. The molecule has 0 saturated heterocycles. The Morgan fingerprint density at radius 2 is 2.04 bits per heavy atom. The Bertz CT molecular complexity index is 577. The summed E-state index contributed by atoms with van der Waals surface area (Å²) in [5, 5.41) is 5.86. The summed E-state index contributed by atoms with van der Waals surface area (Å²) < 4.78 is -1.28. The van der Waals surface area contributed by atoms with Crippen molar-refractivity contribution in [2.24, 2.45) is 11.8 Å². The zero-order chi connectivity index (χ0) is 18.3. The fraction of sp³-hybridized carbons (Fsp3) is 0.529. The van der Waals surface area contributed by atoms with E-state index in [0.717, 1.165) is 5.01 Å². The second kappa shape index (κ2) is 9.81. The fourth-order valence-corrected chi connectivity index (χ4v) is 2.99. The van der Waals surface area contributed by atoms with E-state index in [1.54, 1.807) is 30.5 Å². The molecule has 0 radical (unpaired) electrons. The summed E-state index contributed by atoms with van der Waals surface area (Å²) in [6.07, 6.45) is 7.84. The number of nitrogens with one attached hydrogen (secondary N) is 1. The molecule has 1 heterocycles. The maximum absolute atomic E-state index is 12.3. The Kier molecular flexibility index (Phi) is 8.78. The van der Waals surface area contributed by atoms with Crippen molar-refractivity contribution in [2.75, 3.05) is 0 Å². The van der Waals surface area contributed by atoms with Gasteiger partial charge in [-0.15, -0.1) is 11.3 Å². The van der Waals surface area contributed by atoms with Gasteiger partial charge >= 0.3 is 0 Å². The van der Waals surface area contributed by atoms with E-state index in [9.17, 15) is 4.79 Å². The molecule has 0 bridgehead atoms. The van der Waals surface area contributed by atoms with Gasteiger partial charge in [-0.3, -0.25) is 4.79 Å². The molecule has 1 aromatic heterocycles. The zero-order valence-corrected chi connectivity index (χ0v) is 17.3. The van der Waals surface area contributed by atoms with Crippen LogP contribution in [0.5, 0.6) is 0 Å². The SMILES string of the molecule is C/C(=C\C=C\CC(C)C(Cl)(Cl)Cl)C(=O)N[C@H](c1nccs1)C(C)C. The van der Waals surface area contributed by atoms with Crippen molar-refractivity contribution >= 4 is 52.0 Å². The third kappa shape index (κ3) is 7.14. The summed E-state index contributed by atoms with van der Waals surface area (Å²) in [6, 6.07) is -0.0887. The van der Waals surface area contributed by atoms with Crippen molar-refractivity contribution in [3.05, 3.63) is 40.4 Å². The van der Waals surface area contributed by atoms with E-state index in [2.05, 4.69) is 24.1 Å². The lowest BCUT2D eigenvalue weighted by molar-refractivity contribution is -0.118. The maximum Gasteiger partial charge on any atom is 0.247 e. The summed E-state index contributed by atoms with van der Waals surface area (Å²) in [5.74, 6) is 0.0491. The average Bonchev–Trinajstić information content (AvgIpc) is 3.00. The highest BCUT2D eigenvalue weighted by atomic mass is 35.6. The molecule has 0 aliphatic heterocycles. The van der Waals surface area contributed by atoms with E-state index in [0.29, 0.717) is 12.0 Å². The van der Waals surface area contributed by atoms with Crippen LogP contribution in [0.15, 0.2) is 35.4 Å². The predicted molar refractivity (Wildman–Crippen MR) is 105 cm³/mol. The molecular weight excluding hydrogens is 387 g/mol. The number of hydrogen-bond acceptors (Lipinski definition) is 3. The first-order chi connectivity index (χ1) is 11.1. The minimum absolute atomic E-state index is 0.0887. The normalized spacial score (nSPS) is 15.8. The van der Waals surface area contributed by atoms with E-state index >= 15 is 0 Å². The zero-order valence-electron chi connectivity index (χ0n) is 14.2. The molecule has 3 nitrogen and oxygen atoms in total. The molecule has 0 aliphatic rings. The van der Waals surface area contributed by atoms with E-state index in [4.69, 9.17) is 34.8 Å². The van der Waals surface area contributed by atoms with Crippen LogP contribution in [0.2, 0.25) is 0 Å². The van der Waals surface area contributed by atoms with Crippen molar-refractivity contribution in [3.63, 3.8) is 0 Å². The molecule has 0 aromatic carbocycles. The van der Waals surface area contributed by atoms with Crippen LogP contribution in [0.4, 0.5) is 0 Å². The minimum atomic E-state index is -1.28. The number of hydrogen-bond donors (Lipinski definition) is 1. The molecule has 1 unspecified atom stereocenters. The van der Waals surface area contributed by atoms with Crippen LogP contribution >= 0.6 is 46.1 Å². The van der Waals surface area contributed by atoms with Gasteiger partial charge in [-0.25, -0.2) is 4.98 Å². The van der Waals surface area contributed by atoms with Gasteiger partial charge in [0.2, 0.25) is 5.91 Å². The first-order valence-corrected chi connectivity index (χ1v) is 9.74. The number of carbonyl (C=O) groups excluding carboxylic acids is 1. The minimum Gasteiger partial charge on any atom is -0.343 e. The second-order valence-electron chi connectivity index (χ2n) is 6.02. The molecule has 0 aliphatic carbocycles. The van der Waals surface area contributed by atoms with Crippen LogP contribution < -0.4 is 5.32 Å². The van der Waals surface area contributed by atoms with Gasteiger partial charge in [-0.1, -0.05) is 73.8 Å². The largest absolute Gasteiger partial charge is 0.343 e. The van der Waals surface area contributed by atoms with Gasteiger partial charge in [0, 0.05) is 23.1 Å². The molecule has 0 saturated carbocycles. The number of alkyl halides is 3. The Morgan fingerprint density at radius 3 is 2.54 bits per heavy atom. The van der Waals surface area contributed by atoms with Crippen LogP contribution in [0.25, 0.3) is 0 Å². The molecule has 1 N–H and O–H groups in total. The van der Waals surface area contributed by atoms with Gasteiger partial charge in [0.25, 0.3) is 0 Å². The Hall–Kier alpha value is -0.550. The monoisotopic (exact) mass is 408 g/mol. The summed E-state index contributed by atoms with van der Waals surface area (Å²) in [6.45, 7) is 7.76. The smallest absolute Gasteiger partial charge is 0.247 e. The number of thiazole rings is 1. The highest BCUT2D eigenvalue weighted by Crippen LogP contribution is 2.36. The fourth-order valence-electron chi connectivity index (χ4n) is 1.86. The number of amides is 1. The summed E-state index contributed by atoms with van der Waals surface area (Å²) in [5.41, 5.74) is 0.620. The lowest BCUT2D eigenvalue weighted by atomic mass is 10.0. The molecule has 0 spiro atoms. The molecule has 1 aromatic rings. The molecular formula is C17H23Cl3N2OS. The quantitative estimate of drug-likeness (QED) is 0.348. The van der Waals surface area contributed by atoms with Gasteiger partial charge in [0.05, 0.1) is 6.04 Å². The predicted octanol–water partition coefficient (Wildman–Crippen LogP) is 5.86. The van der Waals surface area contributed by atoms with Gasteiger partial charge in [-0.2, -0.15) is 0 Å². The van der Waals surface area contributed by atoms with Crippen LogP contribution in [0.1, 0.15) is 45.2 Å². The molecule has 1 rings (SSSR count). The summed E-state index contributed by atoms with van der Waals surface area (Å²) >= 11 is 19.0. The molecule has 2 atom stereocenters. The number of halogens is 3. The van der Waals surface area contributed by atoms with Crippen LogP contribution in [-0.2, 0) is 4.79 Å². The van der Waals surface area contributed by atoms with E-state index in [-0.39, 0.29) is 23.8 Å². The van der Waals surface area contributed by atoms with Crippen molar-refractivity contribution in [1.29, 1.82) is 0 Å². The van der Waals surface area contributed by atoms with E-state index in [1.165, 1.54) is 0 Å². The number of carbonyl (C=O) groups is 1. The topological polar surface area (TPSA) is 42.0 Å². The first kappa shape index (κ1) is 21.5. The molecule has 0 fully saturated rings. The maximum atomic E-state index is 12.3. The third-order valence-electron chi connectivity index (χ3n) is 3.56. The van der Waals surface area contributed by atoms with Gasteiger partial charge in [0.1, 0.15) is 5.01 Å². The number of aromatic nitrogens is 1. The average molecular weight is 410 g/mol. The highest BCUT2D eigenvalue weighted by Gasteiger charge is 2.27. The van der Waals surface area contributed by atoms with Gasteiger partial charge < -0.3 is 5.32 Å². The van der Waals surface area contributed by atoms with Crippen LogP contribution in [0, 0.1) is 11.8 Å². The Morgan fingerprint density at radius 1 is 1.38 bits per heavy atom.